The van der Waals surface area contributed by atoms with Crippen LogP contribution < -0.4 is 4.74 Å². The molecule has 0 bridgehead atoms. The Balaban J connectivity index is 1.91. The first-order valence-electron chi connectivity index (χ1n) is 8.99. The maximum absolute atomic E-state index is 14.4. The summed E-state index contributed by atoms with van der Waals surface area (Å²) in [5.41, 5.74) is -0.603. The summed E-state index contributed by atoms with van der Waals surface area (Å²) in [6.07, 6.45) is 3.89. The lowest BCUT2D eigenvalue weighted by Gasteiger charge is -2.39. The Morgan fingerprint density at radius 3 is 2.78 bits per heavy atom. The van der Waals surface area contributed by atoms with E-state index in [0.717, 1.165) is 12.1 Å². The number of halogens is 2. The molecule has 2 aliphatic rings. The van der Waals surface area contributed by atoms with Crippen LogP contribution in [0.4, 0.5) is 8.78 Å². The van der Waals surface area contributed by atoms with Crippen molar-refractivity contribution in [3.8, 4) is 5.75 Å². The molecular weight excluding hydrogens is 354 g/mol. The molecule has 146 valence electrons. The van der Waals surface area contributed by atoms with Gasteiger partial charge in [0.15, 0.2) is 24.1 Å². The van der Waals surface area contributed by atoms with Gasteiger partial charge in [0.25, 0.3) is 0 Å². The van der Waals surface area contributed by atoms with Crippen LogP contribution in [0.2, 0.25) is 0 Å². The molecule has 3 rings (SSSR count). The minimum Gasteiger partial charge on any atom is -0.494 e. The Morgan fingerprint density at radius 1 is 1.37 bits per heavy atom. The van der Waals surface area contributed by atoms with Crippen LogP contribution in [0, 0.1) is 29.4 Å². The summed E-state index contributed by atoms with van der Waals surface area (Å²) in [5, 5.41) is 0. The van der Waals surface area contributed by atoms with Gasteiger partial charge in [0.05, 0.1) is 7.11 Å². The fraction of sp³-hybridized carbons (Fsp3) is 0.476. The van der Waals surface area contributed by atoms with Crippen LogP contribution in [0.5, 0.6) is 5.75 Å². The molecule has 0 radical (unpaired) electrons. The average Bonchev–Trinajstić information content (AvgIpc) is 3.06. The zero-order valence-electron chi connectivity index (χ0n) is 15.8. The second-order valence-electron chi connectivity index (χ2n) is 7.30. The molecule has 1 aromatic carbocycles. The number of ether oxygens (including phenoxy) is 3. The van der Waals surface area contributed by atoms with E-state index in [4.69, 9.17) is 14.2 Å². The molecule has 4 nitrogen and oxygen atoms in total. The topological polar surface area (TPSA) is 44.8 Å². The Bertz CT molecular complexity index is 789. The fourth-order valence-electron chi connectivity index (χ4n) is 3.95. The van der Waals surface area contributed by atoms with E-state index in [2.05, 4.69) is 6.58 Å². The zero-order chi connectivity index (χ0) is 19.8. The van der Waals surface area contributed by atoms with Crippen molar-refractivity contribution < 1.29 is 27.8 Å². The van der Waals surface area contributed by atoms with Crippen molar-refractivity contribution in [3.05, 3.63) is 53.8 Å². The molecule has 27 heavy (non-hydrogen) atoms. The van der Waals surface area contributed by atoms with E-state index >= 15 is 0 Å². The van der Waals surface area contributed by atoms with Crippen LogP contribution >= 0.6 is 0 Å². The summed E-state index contributed by atoms with van der Waals surface area (Å²) in [4.78, 5) is 12.4. The fourth-order valence-corrected chi connectivity index (χ4v) is 3.95. The Hall–Kier alpha value is -2.21. The number of fused-ring (bicyclic) bond motifs is 1. The highest BCUT2D eigenvalue weighted by molar-refractivity contribution is 5.94. The summed E-state index contributed by atoms with van der Waals surface area (Å²) in [7, 11) is 1.29. The van der Waals surface area contributed by atoms with E-state index in [1.807, 2.05) is 13.8 Å². The van der Waals surface area contributed by atoms with Gasteiger partial charge in [0.1, 0.15) is 17.2 Å². The highest BCUT2D eigenvalue weighted by Crippen LogP contribution is 2.47. The second-order valence-corrected chi connectivity index (χ2v) is 7.30. The predicted molar refractivity (Wildman–Crippen MR) is 96.1 cm³/mol. The van der Waals surface area contributed by atoms with Gasteiger partial charge in [0.2, 0.25) is 0 Å². The molecule has 0 aromatic heterocycles. The Morgan fingerprint density at radius 2 is 2.11 bits per heavy atom. The molecule has 0 amide bonds. The molecule has 0 N–H and O–H groups in total. The van der Waals surface area contributed by atoms with E-state index < -0.39 is 17.2 Å². The van der Waals surface area contributed by atoms with Crippen LogP contribution in [-0.4, -0.2) is 25.3 Å². The molecular formula is C21H24F2O4. The number of ketones is 1. The van der Waals surface area contributed by atoms with Crippen molar-refractivity contribution in [1.82, 2.24) is 0 Å². The maximum atomic E-state index is 14.4. The third kappa shape index (κ3) is 3.38. The summed E-state index contributed by atoms with van der Waals surface area (Å²) < 4.78 is 44.8. The summed E-state index contributed by atoms with van der Waals surface area (Å²) in [5.74, 6) is -1.38. The van der Waals surface area contributed by atoms with Crippen molar-refractivity contribution >= 4 is 5.78 Å². The number of carbonyl (C=O) groups is 1. The van der Waals surface area contributed by atoms with Crippen LogP contribution in [0.1, 0.15) is 25.8 Å². The molecule has 0 spiro atoms. The largest absolute Gasteiger partial charge is 0.494 e. The first-order chi connectivity index (χ1) is 12.8. The molecule has 6 heteroatoms. The van der Waals surface area contributed by atoms with Crippen molar-refractivity contribution in [2.45, 2.75) is 32.3 Å². The van der Waals surface area contributed by atoms with Gasteiger partial charge in [-0.2, -0.15) is 0 Å². The summed E-state index contributed by atoms with van der Waals surface area (Å²) >= 11 is 0. The number of carbonyl (C=O) groups excluding carboxylic acids is 1. The lowest BCUT2D eigenvalue weighted by molar-refractivity contribution is -0.124. The number of hydrogen-bond acceptors (Lipinski definition) is 4. The SMILES string of the molecule is C=CC(C)[C@H]1C[C@]2(C(C)Cc3cc(F)c(OC)cc3F)OCOC2=CC1=O. The van der Waals surface area contributed by atoms with E-state index in [-0.39, 0.29) is 48.1 Å². The lowest BCUT2D eigenvalue weighted by atomic mass is 9.69. The quantitative estimate of drug-likeness (QED) is 0.697. The van der Waals surface area contributed by atoms with Gasteiger partial charge in [-0.25, -0.2) is 8.78 Å². The number of benzene rings is 1. The van der Waals surface area contributed by atoms with Crippen LogP contribution in [0.25, 0.3) is 0 Å². The number of hydrogen-bond donors (Lipinski definition) is 0. The van der Waals surface area contributed by atoms with Gasteiger partial charge >= 0.3 is 0 Å². The summed E-state index contributed by atoms with van der Waals surface area (Å²) in [6, 6.07) is 2.20. The summed E-state index contributed by atoms with van der Waals surface area (Å²) in [6.45, 7) is 7.65. The first-order valence-corrected chi connectivity index (χ1v) is 8.99. The Kier molecular flexibility index (Phi) is 5.38. The van der Waals surface area contributed by atoms with Gasteiger partial charge in [0, 0.05) is 18.1 Å². The molecule has 4 atom stereocenters. The van der Waals surface area contributed by atoms with Gasteiger partial charge in [-0.05, 0) is 36.3 Å². The van der Waals surface area contributed by atoms with Gasteiger partial charge in [-0.15, -0.1) is 6.58 Å². The Labute approximate surface area is 157 Å². The zero-order valence-corrected chi connectivity index (χ0v) is 15.8. The van der Waals surface area contributed by atoms with Gasteiger partial charge in [-0.3, -0.25) is 4.79 Å². The van der Waals surface area contributed by atoms with E-state index in [0.29, 0.717) is 12.2 Å². The molecule has 1 fully saturated rings. The molecule has 1 saturated heterocycles. The van der Waals surface area contributed by atoms with E-state index in [1.54, 1.807) is 6.08 Å². The lowest BCUT2D eigenvalue weighted by Crippen LogP contribution is -2.46. The van der Waals surface area contributed by atoms with Crippen molar-refractivity contribution in [2.24, 2.45) is 17.8 Å². The molecule has 1 aliphatic carbocycles. The monoisotopic (exact) mass is 378 g/mol. The van der Waals surface area contributed by atoms with E-state index in [1.165, 1.54) is 13.2 Å². The molecule has 1 aromatic rings. The van der Waals surface area contributed by atoms with Crippen molar-refractivity contribution in [2.75, 3.05) is 13.9 Å². The molecule has 0 saturated carbocycles. The number of allylic oxidation sites excluding steroid dienone is 2. The van der Waals surface area contributed by atoms with Crippen LogP contribution in [0.3, 0.4) is 0 Å². The van der Waals surface area contributed by atoms with Gasteiger partial charge < -0.3 is 14.2 Å². The third-order valence-corrected chi connectivity index (χ3v) is 5.76. The molecule has 1 aliphatic heterocycles. The highest BCUT2D eigenvalue weighted by atomic mass is 19.1. The third-order valence-electron chi connectivity index (χ3n) is 5.76. The van der Waals surface area contributed by atoms with Crippen LogP contribution in [-0.2, 0) is 20.7 Å². The normalized spacial score (nSPS) is 26.6. The highest BCUT2D eigenvalue weighted by Gasteiger charge is 2.52. The molecule has 1 heterocycles. The first kappa shape index (κ1) is 19.5. The maximum Gasteiger partial charge on any atom is 0.189 e. The molecule has 2 unspecified atom stereocenters. The average molecular weight is 378 g/mol. The number of methoxy groups -OCH3 is 1. The predicted octanol–water partition coefficient (Wildman–Crippen LogP) is 4.19. The van der Waals surface area contributed by atoms with E-state index in [9.17, 15) is 13.6 Å². The minimum atomic E-state index is -0.835. The van der Waals surface area contributed by atoms with Gasteiger partial charge in [-0.1, -0.05) is 19.9 Å². The standard InChI is InChI=1S/C21H24F2O4/c1-5-12(2)15-10-21(20(9-18(15)24)26-11-27-21)13(3)6-14-7-17(23)19(25-4)8-16(14)22/h5,7-9,12-13,15H,1,6,10-11H2,2-4H3/t12?,13?,15-,21-/m1/s1. The number of rotatable bonds is 6. The van der Waals surface area contributed by atoms with Crippen molar-refractivity contribution in [3.63, 3.8) is 0 Å². The smallest absolute Gasteiger partial charge is 0.189 e. The minimum absolute atomic E-state index is 0.0209. The second kappa shape index (κ2) is 7.43. The van der Waals surface area contributed by atoms with Crippen molar-refractivity contribution in [1.29, 1.82) is 0 Å². The van der Waals surface area contributed by atoms with Crippen LogP contribution in [0.15, 0.2) is 36.6 Å².